The van der Waals surface area contributed by atoms with Crippen LogP contribution in [0.15, 0.2) is 18.2 Å². The number of halogens is 4. The van der Waals surface area contributed by atoms with Crippen molar-refractivity contribution in [1.82, 2.24) is 4.90 Å². The van der Waals surface area contributed by atoms with E-state index >= 15 is 0 Å². The van der Waals surface area contributed by atoms with Crippen LogP contribution in [0.4, 0.5) is 17.6 Å². The van der Waals surface area contributed by atoms with Crippen molar-refractivity contribution in [2.24, 2.45) is 0 Å². The van der Waals surface area contributed by atoms with Gasteiger partial charge in [0.15, 0.2) is 0 Å². The lowest BCUT2D eigenvalue weighted by atomic mass is 9.95. The molecule has 2 aliphatic rings. The highest BCUT2D eigenvalue weighted by Gasteiger charge is 2.48. The first-order valence-electron chi connectivity index (χ1n) is 6.02. The molecule has 1 aromatic rings. The fourth-order valence-electron chi connectivity index (χ4n) is 3.22. The van der Waals surface area contributed by atoms with Crippen molar-refractivity contribution in [1.29, 1.82) is 0 Å². The molecule has 0 N–H and O–H groups in total. The largest absolute Gasteiger partial charge is 0.471 e. The third-order valence-electron chi connectivity index (χ3n) is 3.92. The molecule has 1 saturated heterocycles. The van der Waals surface area contributed by atoms with Crippen molar-refractivity contribution in [2.45, 2.75) is 24.4 Å². The molecule has 3 rings (SSSR count). The smallest absolute Gasteiger partial charge is 0.334 e. The highest BCUT2D eigenvalue weighted by molar-refractivity contribution is 5.82. The lowest BCUT2D eigenvalue weighted by molar-refractivity contribution is -0.186. The Hall–Kier alpha value is -1.59. The fourth-order valence-corrected chi connectivity index (χ4v) is 3.22. The zero-order valence-corrected chi connectivity index (χ0v) is 9.88. The lowest BCUT2D eigenvalue weighted by Gasteiger charge is -2.32. The van der Waals surface area contributed by atoms with Gasteiger partial charge in [-0.15, -0.1) is 0 Å². The Balaban J connectivity index is 1.91. The highest BCUT2D eigenvalue weighted by atomic mass is 19.4. The Morgan fingerprint density at radius 1 is 1.21 bits per heavy atom. The number of rotatable bonds is 0. The maximum absolute atomic E-state index is 13.8. The van der Waals surface area contributed by atoms with Gasteiger partial charge in [-0.05, 0) is 23.6 Å². The molecule has 2 bridgehead atoms. The topological polar surface area (TPSA) is 20.3 Å². The molecule has 1 aromatic carbocycles. The Labute approximate surface area is 107 Å². The number of hydrogen-bond acceptors (Lipinski definition) is 1. The van der Waals surface area contributed by atoms with E-state index in [2.05, 4.69) is 0 Å². The third kappa shape index (κ3) is 1.89. The van der Waals surface area contributed by atoms with Crippen molar-refractivity contribution >= 4 is 5.91 Å². The maximum atomic E-state index is 13.8. The van der Waals surface area contributed by atoms with Crippen LogP contribution in [0, 0.1) is 5.82 Å². The zero-order chi connectivity index (χ0) is 13.8. The molecule has 0 radical (unpaired) electrons. The van der Waals surface area contributed by atoms with Crippen LogP contribution in [0.2, 0.25) is 0 Å². The van der Waals surface area contributed by atoms with E-state index in [0.717, 1.165) is 10.5 Å². The summed E-state index contributed by atoms with van der Waals surface area (Å²) in [6.45, 7) is -0.0337. The zero-order valence-electron chi connectivity index (χ0n) is 9.88. The van der Waals surface area contributed by atoms with Gasteiger partial charge in [0.25, 0.3) is 0 Å². The van der Waals surface area contributed by atoms with Crippen molar-refractivity contribution in [3.63, 3.8) is 0 Å². The minimum absolute atomic E-state index is 0.0191. The SMILES string of the molecule is O=C(N1CC2CC(C1)c1c(F)cccc12)C(F)(F)F. The molecule has 6 heteroatoms. The van der Waals surface area contributed by atoms with Crippen molar-refractivity contribution < 1.29 is 22.4 Å². The van der Waals surface area contributed by atoms with Gasteiger partial charge < -0.3 is 4.90 Å². The van der Waals surface area contributed by atoms with Crippen LogP contribution >= 0.6 is 0 Å². The van der Waals surface area contributed by atoms with Crippen LogP contribution in [0.5, 0.6) is 0 Å². The summed E-state index contributed by atoms with van der Waals surface area (Å²) >= 11 is 0. The number of nitrogens with zero attached hydrogens (tertiary/aromatic N) is 1. The summed E-state index contributed by atoms with van der Waals surface area (Å²) < 4.78 is 51.1. The number of hydrogen-bond donors (Lipinski definition) is 0. The molecule has 2 unspecified atom stereocenters. The molecular weight excluding hydrogens is 262 g/mol. The minimum atomic E-state index is -4.86. The van der Waals surface area contributed by atoms with E-state index in [9.17, 15) is 22.4 Å². The summed E-state index contributed by atoms with van der Waals surface area (Å²) in [4.78, 5) is 12.1. The van der Waals surface area contributed by atoms with Gasteiger partial charge in [0, 0.05) is 24.9 Å². The quantitative estimate of drug-likeness (QED) is 0.666. The second kappa shape index (κ2) is 3.95. The number of benzene rings is 1. The number of likely N-dealkylation sites (tertiary alicyclic amines) is 1. The summed E-state index contributed by atoms with van der Waals surface area (Å²) in [5, 5.41) is 0. The first kappa shape index (κ1) is 12.4. The van der Waals surface area contributed by atoms with Crippen LogP contribution in [-0.2, 0) is 4.79 Å². The Bertz CT molecular complexity index is 540. The summed E-state index contributed by atoms with van der Waals surface area (Å²) in [6.07, 6.45) is -4.24. The summed E-state index contributed by atoms with van der Waals surface area (Å²) in [6, 6.07) is 4.62. The van der Waals surface area contributed by atoms with Crippen LogP contribution in [-0.4, -0.2) is 30.1 Å². The number of alkyl halides is 3. The number of fused-ring (bicyclic) bond motifs is 5. The van der Waals surface area contributed by atoms with Crippen molar-refractivity contribution in [3.8, 4) is 0 Å². The molecule has 0 saturated carbocycles. The van der Waals surface area contributed by atoms with E-state index in [-0.39, 0.29) is 30.7 Å². The van der Waals surface area contributed by atoms with E-state index in [4.69, 9.17) is 0 Å². The second-order valence-electron chi connectivity index (χ2n) is 5.08. The molecule has 0 spiro atoms. The van der Waals surface area contributed by atoms with Gasteiger partial charge in [-0.3, -0.25) is 4.79 Å². The number of amides is 1. The molecule has 102 valence electrons. The van der Waals surface area contributed by atoms with Gasteiger partial charge in [0.2, 0.25) is 0 Å². The molecule has 1 amide bonds. The standard InChI is InChI=1S/C13H11F4NO/c14-10-3-1-2-9-7-4-8(11(9)10)6-18(5-7)12(19)13(15,16)17/h1-3,7-8H,4-6H2. The van der Waals surface area contributed by atoms with Crippen LogP contribution < -0.4 is 0 Å². The van der Waals surface area contributed by atoms with Gasteiger partial charge in [-0.2, -0.15) is 13.2 Å². The second-order valence-corrected chi connectivity index (χ2v) is 5.08. The van der Waals surface area contributed by atoms with Gasteiger partial charge in [-0.25, -0.2) is 4.39 Å². The Kier molecular flexibility index (Phi) is 2.59. The van der Waals surface area contributed by atoms with Gasteiger partial charge >= 0.3 is 12.1 Å². The molecule has 1 fully saturated rings. The number of carbonyl (C=O) groups is 1. The molecule has 1 aliphatic carbocycles. The Morgan fingerprint density at radius 3 is 2.58 bits per heavy atom. The normalized spacial score (nSPS) is 25.4. The highest BCUT2D eigenvalue weighted by Crippen LogP contribution is 2.47. The van der Waals surface area contributed by atoms with E-state index in [0.29, 0.717) is 12.0 Å². The molecule has 2 nitrogen and oxygen atoms in total. The molecular formula is C13H11F4NO. The number of carbonyl (C=O) groups excluding carboxylic acids is 1. The summed E-state index contributed by atoms with van der Waals surface area (Å²) in [5.74, 6) is -2.71. The Morgan fingerprint density at radius 2 is 1.89 bits per heavy atom. The number of piperidine rings is 1. The predicted octanol–water partition coefficient (Wildman–Crippen LogP) is 2.80. The van der Waals surface area contributed by atoms with E-state index in [1.54, 1.807) is 12.1 Å². The minimum Gasteiger partial charge on any atom is -0.334 e. The average molecular weight is 273 g/mol. The fraction of sp³-hybridized carbons (Fsp3) is 0.462. The van der Waals surface area contributed by atoms with Gasteiger partial charge in [-0.1, -0.05) is 12.1 Å². The van der Waals surface area contributed by atoms with Crippen LogP contribution in [0.25, 0.3) is 0 Å². The van der Waals surface area contributed by atoms with Gasteiger partial charge in [0.05, 0.1) is 0 Å². The predicted molar refractivity (Wildman–Crippen MR) is 59.1 cm³/mol. The first-order chi connectivity index (χ1) is 8.88. The first-order valence-corrected chi connectivity index (χ1v) is 6.02. The molecule has 2 atom stereocenters. The average Bonchev–Trinajstić information content (AvgIpc) is 2.60. The van der Waals surface area contributed by atoms with Crippen LogP contribution in [0.3, 0.4) is 0 Å². The maximum Gasteiger partial charge on any atom is 0.471 e. The lowest BCUT2D eigenvalue weighted by Crippen LogP contribution is -2.46. The third-order valence-corrected chi connectivity index (χ3v) is 3.92. The van der Waals surface area contributed by atoms with Crippen LogP contribution in [0.1, 0.15) is 29.4 Å². The molecule has 0 aromatic heterocycles. The van der Waals surface area contributed by atoms with E-state index < -0.39 is 12.1 Å². The molecule has 1 aliphatic heterocycles. The molecule has 1 heterocycles. The molecule has 19 heavy (non-hydrogen) atoms. The monoisotopic (exact) mass is 273 g/mol. The summed E-state index contributed by atoms with van der Waals surface area (Å²) in [7, 11) is 0. The van der Waals surface area contributed by atoms with E-state index in [1.165, 1.54) is 6.07 Å². The van der Waals surface area contributed by atoms with E-state index in [1.807, 2.05) is 0 Å². The summed E-state index contributed by atoms with van der Waals surface area (Å²) in [5.41, 5.74) is 1.24. The van der Waals surface area contributed by atoms with Crippen molar-refractivity contribution in [2.75, 3.05) is 13.1 Å². The van der Waals surface area contributed by atoms with Crippen molar-refractivity contribution in [3.05, 3.63) is 35.1 Å². The van der Waals surface area contributed by atoms with Gasteiger partial charge in [0.1, 0.15) is 5.82 Å².